The lowest BCUT2D eigenvalue weighted by molar-refractivity contribution is -0.163. The zero-order valence-corrected chi connectivity index (χ0v) is 13.9. The van der Waals surface area contributed by atoms with E-state index in [4.69, 9.17) is 42.7 Å². The van der Waals surface area contributed by atoms with Crippen molar-refractivity contribution in [3.63, 3.8) is 0 Å². The average molecular weight is 332 g/mol. The van der Waals surface area contributed by atoms with Crippen molar-refractivity contribution in [2.45, 2.75) is 57.0 Å². The van der Waals surface area contributed by atoms with E-state index in [1.54, 1.807) is 0 Å². The third-order valence-corrected chi connectivity index (χ3v) is 8.00. The molecule has 0 aromatic carbocycles. The number of hydrogen-bond acceptors (Lipinski definition) is 3. The zero-order chi connectivity index (χ0) is 13.8. The first kappa shape index (κ1) is 14.9. The van der Waals surface area contributed by atoms with Gasteiger partial charge in [0, 0.05) is 0 Å². The van der Waals surface area contributed by atoms with E-state index in [2.05, 4.69) is 0 Å². The van der Waals surface area contributed by atoms with Crippen LogP contribution in [0.1, 0.15) is 40.0 Å². The van der Waals surface area contributed by atoms with Crippen LogP contribution in [-0.2, 0) is 14.3 Å². The van der Waals surface area contributed by atoms with Crippen LogP contribution in [0.15, 0.2) is 0 Å². The summed E-state index contributed by atoms with van der Waals surface area (Å²) in [7, 11) is 0. The highest BCUT2D eigenvalue weighted by Gasteiger charge is 2.68. The summed E-state index contributed by atoms with van der Waals surface area (Å²) in [6.45, 7) is 5.50. The molecule has 0 aromatic heterocycles. The first-order valence-corrected chi connectivity index (χ1v) is 11.1. The number of ether oxygens (including phenoxy) is 2. The molecule has 2 fully saturated rings. The number of esters is 1. The topological polar surface area (TPSA) is 35.5 Å². The maximum absolute atomic E-state index is 12.2. The molecule has 2 saturated heterocycles. The van der Waals surface area contributed by atoms with Gasteiger partial charge in [-0.2, -0.15) is 0 Å². The molecule has 0 spiro atoms. The number of halogens is 3. The van der Waals surface area contributed by atoms with Gasteiger partial charge in [0.1, 0.15) is 10.8 Å². The molecule has 0 saturated carbocycles. The Morgan fingerprint density at radius 2 is 2.00 bits per heavy atom. The van der Waals surface area contributed by atoms with Crippen molar-refractivity contribution < 1.29 is 14.3 Å². The quantitative estimate of drug-likeness (QED) is 0.441. The van der Waals surface area contributed by atoms with E-state index in [1.165, 1.54) is 0 Å². The molecule has 0 aliphatic carbocycles. The van der Waals surface area contributed by atoms with Gasteiger partial charge in [-0.25, -0.2) is 0 Å². The molecule has 3 atom stereocenters. The number of hydrogen-bond donors (Lipinski definition) is 0. The molecule has 0 N–H and O–H groups in total. The highest BCUT2D eigenvalue weighted by molar-refractivity contribution is 7.65. The molecule has 2 rings (SSSR count). The van der Waals surface area contributed by atoms with E-state index < -0.39 is 22.7 Å². The van der Waals surface area contributed by atoms with Crippen molar-refractivity contribution in [3.05, 3.63) is 0 Å². The fourth-order valence-corrected chi connectivity index (χ4v) is 6.53. The maximum atomic E-state index is 12.2. The van der Waals surface area contributed by atoms with Crippen LogP contribution in [0.3, 0.4) is 0 Å². The van der Waals surface area contributed by atoms with Gasteiger partial charge in [0.15, 0.2) is 0 Å². The highest BCUT2D eigenvalue weighted by atomic mass is 35.8. The Kier molecular flexibility index (Phi) is 3.75. The minimum atomic E-state index is -3.14. The highest BCUT2D eigenvalue weighted by Crippen LogP contribution is 2.56. The fourth-order valence-electron chi connectivity index (χ4n) is 2.73. The number of carbonyl (C=O) groups is 1. The number of carbonyl (C=O) groups excluding carboxylic acids is 1. The Morgan fingerprint density at radius 1 is 1.39 bits per heavy atom. The van der Waals surface area contributed by atoms with Crippen molar-refractivity contribution in [2.24, 2.45) is 5.92 Å². The van der Waals surface area contributed by atoms with E-state index in [9.17, 15) is 4.79 Å². The monoisotopic (exact) mass is 330 g/mol. The standard InChI is InChI=1S/C11H17Cl3O3Si/c1-10(2,3)17-9(15)8-6-7-4-5-11(8,16-7)18(12,13)14/h7-8H,4-6H2,1-3H3. The minimum absolute atomic E-state index is 0.0330. The van der Waals surface area contributed by atoms with Gasteiger partial charge in [0.2, 0.25) is 0 Å². The van der Waals surface area contributed by atoms with Crippen LogP contribution in [0.25, 0.3) is 0 Å². The van der Waals surface area contributed by atoms with Crippen LogP contribution < -0.4 is 0 Å². The Hall–Kier alpha value is 0.517. The van der Waals surface area contributed by atoms with E-state index >= 15 is 0 Å². The predicted molar refractivity (Wildman–Crippen MR) is 74.1 cm³/mol. The van der Waals surface area contributed by atoms with E-state index in [1.807, 2.05) is 20.8 Å². The van der Waals surface area contributed by atoms with Gasteiger partial charge in [0.05, 0.1) is 12.0 Å². The third-order valence-electron chi connectivity index (χ3n) is 3.45. The third kappa shape index (κ3) is 2.55. The fraction of sp³-hybridized carbons (Fsp3) is 0.909. The SMILES string of the molecule is CC(C)(C)OC(=O)C1CC2CCC1([Si](Cl)(Cl)Cl)O2. The summed E-state index contributed by atoms with van der Waals surface area (Å²) >= 11 is 18.5. The summed E-state index contributed by atoms with van der Waals surface area (Å²) in [6.07, 6.45) is 2.14. The Bertz CT molecular complexity index is 364. The molecule has 3 unspecified atom stereocenters. The number of fused-ring (bicyclic) bond motifs is 2. The van der Waals surface area contributed by atoms with Gasteiger partial charge >= 0.3 is 12.0 Å². The molecule has 2 aliphatic rings. The van der Waals surface area contributed by atoms with Crippen LogP contribution in [-0.4, -0.2) is 28.9 Å². The first-order chi connectivity index (χ1) is 8.05. The van der Waals surface area contributed by atoms with Crippen molar-refractivity contribution in [2.75, 3.05) is 0 Å². The first-order valence-electron chi connectivity index (χ1n) is 6.02. The minimum Gasteiger partial charge on any atom is -0.460 e. The van der Waals surface area contributed by atoms with Gasteiger partial charge in [-0.15, -0.1) is 33.2 Å². The number of rotatable bonds is 2. The van der Waals surface area contributed by atoms with Gasteiger partial charge in [-0.3, -0.25) is 4.79 Å². The molecule has 18 heavy (non-hydrogen) atoms. The second-order valence-corrected chi connectivity index (χ2v) is 14.7. The van der Waals surface area contributed by atoms with E-state index in [-0.39, 0.29) is 12.1 Å². The molecule has 7 heteroatoms. The van der Waals surface area contributed by atoms with Crippen LogP contribution in [0, 0.1) is 5.92 Å². The lowest BCUT2D eigenvalue weighted by atomic mass is 9.88. The Morgan fingerprint density at radius 3 is 2.44 bits per heavy atom. The van der Waals surface area contributed by atoms with Gasteiger partial charge in [0.25, 0.3) is 0 Å². The molecule has 0 amide bonds. The molecule has 0 radical (unpaired) electrons. The normalized spacial score (nSPS) is 35.9. The van der Waals surface area contributed by atoms with Crippen LogP contribution in [0.2, 0.25) is 0 Å². The van der Waals surface area contributed by atoms with Crippen molar-refractivity contribution >= 4 is 45.2 Å². The van der Waals surface area contributed by atoms with Crippen molar-refractivity contribution in [1.29, 1.82) is 0 Å². The average Bonchev–Trinajstić information content (AvgIpc) is 2.71. The summed E-state index contributed by atoms with van der Waals surface area (Å²) < 4.78 is 11.3. The van der Waals surface area contributed by atoms with Gasteiger partial charge < -0.3 is 9.47 Å². The smallest absolute Gasteiger partial charge is 0.373 e. The van der Waals surface area contributed by atoms with Gasteiger partial charge in [-0.05, 0) is 40.0 Å². The summed E-state index contributed by atoms with van der Waals surface area (Å²) in [5.41, 5.74) is -0.532. The lowest BCUT2D eigenvalue weighted by Gasteiger charge is -2.36. The van der Waals surface area contributed by atoms with Crippen LogP contribution >= 0.6 is 33.2 Å². The summed E-state index contributed by atoms with van der Waals surface area (Å²) in [6, 6.07) is -3.14. The van der Waals surface area contributed by atoms with Crippen molar-refractivity contribution in [3.8, 4) is 0 Å². The molecule has 3 nitrogen and oxygen atoms in total. The molecular weight excluding hydrogens is 315 g/mol. The van der Waals surface area contributed by atoms with Crippen molar-refractivity contribution in [1.82, 2.24) is 0 Å². The molecular formula is C11H17Cl3O3Si. The molecule has 0 aromatic rings. The predicted octanol–water partition coefficient (Wildman–Crippen LogP) is 3.46. The zero-order valence-electron chi connectivity index (χ0n) is 10.6. The maximum Gasteiger partial charge on any atom is 0.373 e. The van der Waals surface area contributed by atoms with E-state index in [0.29, 0.717) is 12.8 Å². The summed E-state index contributed by atoms with van der Waals surface area (Å²) in [5.74, 6) is -0.738. The second kappa shape index (κ2) is 4.52. The molecule has 2 heterocycles. The summed E-state index contributed by atoms with van der Waals surface area (Å²) in [5, 5.41) is -0.884. The van der Waals surface area contributed by atoms with Crippen LogP contribution in [0.5, 0.6) is 0 Å². The molecule has 104 valence electrons. The second-order valence-electron chi connectivity index (χ2n) is 5.99. The summed E-state index contributed by atoms with van der Waals surface area (Å²) in [4.78, 5) is 12.2. The van der Waals surface area contributed by atoms with Gasteiger partial charge in [-0.1, -0.05) is 0 Å². The Labute approximate surface area is 122 Å². The molecule has 2 aliphatic heterocycles. The van der Waals surface area contributed by atoms with Crippen LogP contribution in [0.4, 0.5) is 0 Å². The largest absolute Gasteiger partial charge is 0.460 e. The molecule has 2 bridgehead atoms. The Balaban J connectivity index is 2.21. The van der Waals surface area contributed by atoms with E-state index in [0.717, 1.165) is 6.42 Å². The lowest BCUT2D eigenvalue weighted by Crippen LogP contribution is -2.54.